The predicted octanol–water partition coefficient (Wildman–Crippen LogP) is 7.52. The topological polar surface area (TPSA) is 52.6 Å². The zero-order chi connectivity index (χ0) is 24.9. The molecule has 190 valence electrons. The van der Waals surface area contributed by atoms with E-state index in [0.717, 1.165) is 51.4 Å². The summed E-state index contributed by atoms with van der Waals surface area (Å²) in [6.45, 7) is 14.0. The fraction of sp³-hybridized carbons (Fsp3) is 0.923. The van der Waals surface area contributed by atoms with E-state index >= 15 is 0 Å². The summed E-state index contributed by atoms with van der Waals surface area (Å²) in [7, 11) is 0. The lowest BCUT2D eigenvalue weighted by Crippen LogP contribution is -2.35. The highest BCUT2D eigenvalue weighted by atomic mass is 19.1. The van der Waals surface area contributed by atoms with Gasteiger partial charge in [-0.25, -0.2) is 18.4 Å². The largest absolute Gasteiger partial charge is 0.461 e. The van der Waals surface area contributed by atoms with E-state index in [9.17, 15) is 18.4 Å². The van der Waals surface area contributed by atoms with Gasteiger partial charge in [-0.2, -0.15) is 0 Å². The summed E-state index contributed by atoms with van der Waals surface area (Å²) < 4.78 is 38.8. The Hall–Kier alpha value is -1.20. The maximum Gasteiger partial charge on any atom is 0.341 e. The molecule has 0 fully saturated rings. The lowest BCUT2D eigenvalue weighted by atomic mass is 9.81. The first-order chi connectivity index (χ1) is 14.7. The van der Waals surface area contributed by atoms with E-state index in [0.29, 0.717) is 12.8 Å². The van der Waals surface area contributed by atoms with Crippen molar-refractivity contribution in [3.8, 4) is 0 Å². The van der Waals surface area contributed by atoms with Crippen LogP contribution in [0.15, 0.2) is 0 Å². The van der Waals surface area contributed by atoms with Gasteiger partial charge in [0.15, 0.2) is 0 Å². The van der Waals surface area contributed by atoms with Gasteiger partial charge in [-0.1, -0.05) is 79.1 Å². The second-order valence-electron chi connectivity index (χ2n) is 11.0. The van der Waals surface area contributed by atoms with Gasteiger partial charge in [0.2, 0.25) is 12.3 Å². The summed E-state index contributed by atoms with van der Waals surface area (Å²) in [6, 6.07) is 0. The van der Waals surface area contributed by atoms with Crippen LogP contribution in [0.5, 0.6) is 0 Å². The molecule has 0 aliphatic rings. The van der Waals surface area contributed by atoms with E-state index in [1.54, 1.807) is 55.4 Å². The van der Waals surface area contributed by atoms with E-state index in [2.05, 4.69) is 0 Å². The molecule has 0 heterocycles. The quantitative estimate of drug-likeness (QED) is 0.166. The highest BCUT2D eigenvalue weighted by molar-refractivity contribution is 5.76. The molecular weight excluding hydrogens is 414 g/mol. The van der Waals surface area contributed by atoms with Crippen LogP contribution in [-0.4, -0.2) is 36.5 Å². The first-order valence-corrected chi connectivity index (χ1v) is 12.4. The Morgan fingerprint density at radius 3 is 1.09 bits per heavy atom. The molecule has 0 saturated heterocycles. The van der Waals surface area contributed by atoms with Crippen molar-refractivity contribution in [3.63, 3.8) is 0 Å². The second-order valence-corrected chi connectivity index (χ2v) is 11.0. The van der Waals surface area contributed by atoms with Crippen molar-refractivity contribution in [2.24, 2.45) is 10.8 Å². The molecule has 0 N–H and O–H groups in total. The summed E-state index contributed by atoms with van der Waals surface area (Å²) in [4.78, 5) is 23.6. The van der Waals surface area contributed by atoms with Crippen LogP contribution in [0.2, 0.25) is 0 Å². The van der Waals surface area contributed by atoms with Crippen molar-refractivity contribution in [1.82, 2.24) is 0 Å². The van der Waals surface area contributed by atoms with Gasteiger partial charge in [-0.15, -0.1) is 0 Å². The fourth-order valence-corrected chi connectivity index (χ4v) is 3.70. The van der Waals surface area contributed by atoms with Gasteiger partial charge in [0.1, 0.15) is 0 Å². The molecular formula is C26H48F2O4. The molecule has 2 atom stereocenters. The molecule has 0 aliphatic heterocycles. The Balaban J connectivity index is 3.92. The van der Waals surface area contributed by atoms with E-state index in [1.165, 1.54) is 0 Å². The number of carbonyl (C=O) groups excluding carboxylic acids is 2. The first-order valence-electron chi connectivity index (χ1n) is 12.4. The third kappa shape index (κ3) is 12.7. The van der Waals surface area contributed by atoms with Gasteiger partial charge >= 0.3 is 11.9 Å². The van der Waals surface area contributed by atoms with Crippen molar-refractivity contribution in [3.05, 3.63) is 0 Å². The highest BCUT2D eigenvalue weighted by Crippen LogP contribution is 2.33. The smallest absolute Gasteiger partial charge is 0.341 e. The lowest BCUT2D eigenvalue weighted by Gasteiger charge is -2.28. The molecule has 2 unspecified atom stereocenters. The number of ether oxygens (including phenoxy) is 2. The van der Waals surface area contributed by atoms with E-state index in [-0.39, 0.29) is 12.2 Å². The average molecular weight is 463 g/mol. The normalized spacial score (nSPS) is 14.5. The van der Waals surface area contributed by atoms with Gasteiger partial charge in [-0.05, 0) is 40.5 Å². The third-order valence-electron chi connectivity index (χ3n) is 5.88. The third-order valence-corrected chi connectivity index (χ3v) is 5.88. The van der Waals surface area contributed by atoms with E-state index in [1.807, 2.05) is 0 Å². The molecule has 0 spiro atoms. The van der Waals surface area contributed by atoms with Crippen LogP contribution in [0.3, 0.4) is 0 Å². The molecule has 0 aromatic heterocycles. The molecule has 6 heteroatoms. The van der Waals surface area contributed by atoms with Gasteiger partial charge in [0.25, 0.3) is 0 Å². The Labute approximate surface area is 195 Å². The zero-order valence-electron chi connectivity index (χ0n) is 21.8. The summed E-state index contributed by atoms with van der Waals surface area (Å²) >= 11 is 0. The molecule has 0 rings (SSSR count). The van der Waals surface area contributed by atoms with Crippen molar-refractivity contribution in [2.45, 2.75) is 144 Å². The van der Waals surface area contributed by atoms with Crippen LogP contribution in [0.4, 0.5) is 8.78 Å². The van der Waals surface area contributed by atoms with Gasteiger partial charge in [-0.3, -0.25) is 0 Å². The van der Waals surface area contributed by atoms with Gasteiger partial charge < -0.3 is 9.47 Å². The minimum Gasteiger partial charge on any atom is -0.461 e. The molecule has 4 nitrogen and oxygen atoms in total. The summed E-state index contributed by atoms with van der Waals surface area (Å²) in [5.74, 6) is -1.52. The number of hydrogen-bond donors (Lipinski definition) is 0. The van der Waals surface area contributed by atoms with Crippen LogP contribution < -0.4 is 0 Å². The maximum atomic E-state index is 14.4. The van der Waals surface area contributed by atoms with Crippen molar-refractivity contribution < 1.29 is 27.8 Å². The van der Waals surface area contributed by atoms with Crippen LogP contribution >= 0.6 is 0 Å². The van der Waals surface area contributed by atoms with Crippen molar-refractivity contribution in [1.29, 1.82) is 0 Å². The second kappa shape index (κ2) is 14.8. The van der Waals surface area contributed by atoms with Crippen LogP contribution in [-0.2, 0) is 19.1 Å². The fourth-order valence-electron chi connectivity index (χ4n) is 3.70. The monoisotopic (exact) mass is 462 g/mol. The number of alkyl halides is 2. The number of rotatable bonds is 17. The van der Waals surface area contributed by atoms with Gasteiger partial charge in [0, 0.05) is 10.8 Å². The Morgan fingerprint density at radius 2 is 0.844 bits per heavy atom. The number of halogens is 2. The Kier molecular flexibility index (Phi) is 14.3. The molecule has 0 aromatic rings. The number of hydrogen-bond acceptors (Lipinski definition) is 4. The molecule has 0 aromatic carbocycles. The number of unbranched alkanes of at least 4 members (excludes halogenated alkanes) is 7. The Bertz CT molecular complexity index is 496. The van der Waals surface area contributed by atoms with Gasteiger partial charge in [0.05, 0.1) is 12.2 Å². The SMILES string of the molecule is CC(C)OC(=O)C(F)C(C)(C)CCCCCCCCCCC(C)(C)C(F)C(=O)OC(C)C. The maximum absolute atomic E-state index is 14.4. The molecule has 32 heavy (non-hydrogen) atoms. The lowest BCUT2D eigenvalue weighted by molar-refractivity contribution is -0.159. The van der Waals surface area contributed by atoms with Crippen molar-refractivity contribution >= 4 is 11.9 Å². The molecule has 0 radical (unpaired) electrons. The summed E-state index contributed by atoms with van der Waals surface area (Å²) in [5, 5.41) is 0. The Morgan fingerprint density at radius 1 is 0.594 bits per heavy atom. The first kappa shape index (κ1) is 30.8. The highest BCUT2D eigenvalue weighted by Gasteiger charge is 2.37. The average Bonchev–Trinajstić information content (AvgIpc) is 2.66. The zero-order valence-corrected chi connectivity index (χ0v) is 21.8. The molecule has 0 bridgehead atoms. The van der Waals surface area contributed by atoms with E-state index < -0.39 is 35.1 Å². The summed E-state index contributed by atoms with van der Waals surface area (Å²) in [5.41, 5.74) is -1.43. The minimum absolute atomic E-state index is 0.303. The molecule has 0 amide bonds. The van der Waals surface area contributed by atoms with Crippen LogP contribution in [0, 0.1) is 10.8 Å². The van der Waals surface area contributed by atoms with Crippen LogP contribution in [0.25, 0.3) is 0 Å². The minimum atomic E-state index is -1.59. The molecule has 0 saturated carbocycles. The number of carbonyl (C=O) groups is 2. The van der Waals surface area contributed by atoms with E-state index in [4.69, 9.17) is 9.47 Å². The number of esters is 2. The standard InChI is InChI=1S/C26H48F2O4/c1-19(2)31-23(29)21(27)25(5,6)17-15-13-11-9-10-12-14-16-18-26(7,8)22(28)24(30)32-20(3)4/h19-22H,9-18H2,1-8H3. The summed E-state index contributed by atoms with van der Waals surface area (Å²) in [6.07, 6.45) is 5.73. The molecule has 0 aliphatic carbocycles. The van der Waals surface area contributed by atoms with Crippen molar-refractivity contribution in [2.75, 3.05) is 0 Å². The predicted molar refractivity (Wildman–Crippen MR) is 126 cm³/mol. The van der Waals surface area contributed by atoms with Crippen LogP contribution in [0.1, 0.15) is 120 Å².